The first-order chi connectivity index (χ1) is 7.53. The SMILES string of the molecule is CCC/C(=N\OC(F)(F)F)c1ccccc1. The highest BCUT2D eigenvalue weighted by Gasteiger charge is 2.31. The second kappa shape index (κ2) is 5.53. The van der Waals surface area contributed by atoms with E-state index >= 15 is 0 Å². The summed E-state index contributed by atoms with van der Waals surface area (Å²) in [6.45, 7) is 1.87. The van der Waals surface area contributed by atoms with Crippen LogP contribution in [0.2, 0.25) is 0 Å². The van der Waals surface area contributed by atoms with Gasteiger partial charge in [0.2, 0.25) is 0 Å². The summed E-state index contributed by atoms with van der Waals surface area (Å²) in [4.78, 5) is 3.49. The van der Waals surface area contributed by atoms with Gasteiger partial charge in [0.25, 0.3) is 0 Å². The third kappa shape index (κ3) is 4.33. The van der Waals surface area contributed by atoms with Crippen molar-refractivity contribution < 1.29 is 18.0 Å². The molecule has 0 N–H and O–H groups in total. The van der Waals surface area contributed by atoms with Crippen LogP contribution in [0.4, 0.5) is 13.2 Å². The van der Waals surface area contributed by atoms with Gasteiger partial charge in [-0.3, -0.25) is 4.84 Å². The molecule has 0 radical (unpaired) electrons. The maximum Gasteiger partial charge on any atom is 0.593 e. The van der Waals surface area contributed by atoms with E-state index in [1.165, 1.54) is 0 Å². The van der Waals surface area contributed by atoms with Crippen LogP contribution in [0.15, 0.2) is 35.5 Å². The lowest BCUT2D eigenvalue weighted by Gasteiger charge is -2.07. The molecule has 0 saturated heterocycles. The zero-order valence-corrected chi connectivity index (χ0v) is 8.79. The Balaban J connectivity index is 2.83. The van der Waals surface area contributed by atoms with Gasteiger partial charge in [-0.25, -0.2) is 0 Å². The number of hydrogen-bond donors (Lipinski definition) is 0. The molecule has 5 heteroatoms. The molecule has 1 rings (SSSR count). The third-order valence-electron chi connectivity index (χ3n) is 1.85. The summed E-state index contributed by atoms with van der Waals surface area (Å²) in [6, 6.07) is 8.68. The smallest absolute Gasteiger partial charge is 0.294 e. The fourth-order valence-electron chi connectivity index (χ4n) is 1.22. The van der Waals surface area contributed by atoms with Gasteiger partial charge in [-0.1, -0.05) is 48.8 Å². The fourth-order valence-corrected chi connectivity index (χ4v) is 1.22. The van der Waals surface area contributed by atoms with Gasteiger partial charge in [0.15, 0.2) is 0 Å². The summed E-state index contributed by atoms with van der Waals surface area (Å²) in [7, 11) is 0. The van der Waals surface area contributed by atoms with E-state index in [0.29, 0.717) is 24.1 Å². The highest BCUT2D eigenvalue weighted by molar-refractivity contribution is 6.00. The number of halogens is 3. The predicted molar refractivity (Wildman–Crippen MR) is 55.0 cm³/mol. The summed E-state index contributed by atoms with van der Waals surface area (Å²) in [6.07, 6.45) is -3.58. The van der Waals surface area contributed by atoms with Gasteiger partial charge in [-0.2, -0.15) is 0 Å². The number of nitrogens with zero attached hydrogens (tertiary/aromatic N) is 1. The topological polar surface area (TPSA) is 21.6 Å². The van der Waals surface area contributed by atoms with Crippen molar-refractivity contribution in [2.45, 2.75) is 26.1 Å². The van der Waals surface area contributed by atoms with E-state index in [0.717, 1.165) is 0 Å². The molecule has 0 aliphatic carbocycles. The number of alkyl halides is 3. The Morgan fingerprint density at radius 2 is 1.88 bits per heavy atom. The van der Waals surface area contributed by atoms with E-state index in [-0.39, 0.29) is 0 Å². The van der Waals surface area contributed by atoms with Crippen LogP contribution in [-0.4, -0.2) is 12.1 Å². The number of rotatable bonds is 4. The van der Waals surface area contributed by atoms with Crippen molar-refractivity contribution in [1.82, 2.24) is 0 Å². The van der Waals surface area contributed by atoms with Crippen LogP contribution in [0.25, 0.3) is 0 Å². The Morgan fingerprint density at radius 3 is 2.38 bits per heavy atom. The fraction of sp³-hybridized carbons (Fsp3) is 0.364. The molecule has 0 heterocycles. The Hall–Kier alpha value is -1.52. The molecule has 0 saturated carbocycles. The molecule has 88 valence electrons. The highest BCUT2D eigenvalue weighted by atomic mass is 19.4. The number of oxime groups is 1. The van der Waals surface area contributed by atoms with E-state index < -0.39 is 6.36 Å². The van der Waals surface area contributed by atoms with Gasteiger partial charge in [0.1, 0.15) is 0 Å². The van der Waals surface area contributed by atoms with Crippen molar-refractivity contribution in [2.24, 2.45) is 5.16 Å². The van der Waals surface area contributed by atoms with Crippen molar-refractivity contribution >= 4 is 5.71 Å². The first-order valence-electron chi connectivity index (χ1n) is 4.90. The van der Waals surface area contributed by atoms with E-state index in [4.69, 9.17) is 0 Å². The van der Waals surface area contributed by atoms with Gasteiger partial charge in [-0.05, 0) is 12.0 Å². The van der Waals surface area contributed by atoms with Gasteiger partial charge >= 0.3 is 6.36 Å². The second-order valence-corrected chi connectivity index (χ2v) is 3.19. The zero-order valence-electron chi connectivity index (χ0n) is 8.79. The predicted octanol–water partition coefficient (Wildman–Crippen LogP) is 3.73. The molecule has 0 spiro atoms. The first-order valence-corrected chi connectivity index (χ1v) is 4.90. The first kappa shape index (κ1) is 12.5. The molecular formula is C11H12F3NO. The standard InChI is InChI=1S/C11H12F3NO/c1-2-6-10(15-16-11(12,13)14)9-7-4-3-5-8-9/h3-5,7-8H,2,6H2,1H3/b15-10+. The van der Waals surface area contributed by atoms with Crippen molar-refractivity contribution in [3.8, 4) is 0 Å². The maximum absolute atomic E-state index is 11.8. The summed E-state index contributed by atoms with van der Waals surface area (Å²) >= 11 is 0. The molecule has 0 aromatic heterocycles. The van der Waals surface area contributed by atoms with E-state index in [1.54, 1.807) is 30.3 Å². The van der Waals surface area contributed by atoms with Gasteiger partial charge in [0.05, 0.1) is 5.71 Å². The Labute approximate surface area is 91.7 Å². The molecule has 0 amide bonds. The number of benzene rings is 1. The molecule has 16 heavy (non-hydrogen) atoms. The van der Waals surface area contributed by atoms with Crippen LogP contribution >= 0.6 is 0 Å². The van der Waals surface area contributed by atoms with E-state index in [2.05, 4.69) is 9.99 Å². The molecule has 0 aliphatic heterocycles. The quantitative estimate of drug-likeness (QED) is 0.571. The van der Waals surface area contributed by atoms with E-state index in [9.17, 15) is 13.2 Å². The Morgan fingerprint density at radius 1 is 1.25 bits per heavy atom. The molecule has 0 unspecified atom stereocenters. The van der Waals surface area contributed by atoms with Crippen LogP contribution in [-0.2, 0) is 4.84 Å². The number of hydrogen-bond acceptors (Lipinski definition) is 2. The lowest BCUT2D eigenvalue weighted by Crippen LogP contribution is -2.12. The molecule has 0 aliphatic rings. The molecule has 1 aromatic carbocycles. The van der Waals surface area contributed by atoms with Crippen molar-refractivity contribution in [3.63, 3.8) is 0 Å². The van der Waals surface area contributed by atoms with Crippen LogP contribution < -0.4 is 0 Å². The average Bonchev–Trinajstić information content (AvgIpc) is 2.24. The summed E-state index contributed by atoms with van der Waals surface area (Å²) in [5, 5.41) is 3.15. The minimum Gasteiger partial charge on any atom is -0.294 e. The van der Waals surface area contributed by atoms with Crippen LogP contribution in [0.5, 0.6) is 0 Å². The van der Waals surface area contributed by atoms with Gasteiger partial charge < -0.3 is 0 Å². The van der Waals surface area contributed by atoms with Crippen molar-refractivity contribution in [1.29, 1.82) is 0 Å². The maximum atomic E-state index is 11.8. The highest BCUT2D eigenvalue weighted by Crippen LogP contribution is 2.18. The van der Waals surface area contributed by atoms with Crippen LogP contribution in [0, 0.1) is 0 Å². The van der Waals surface area contributed by atoms with Gasteiger partial charge in [0, 0.05) is 0 Å². The Kier molecular flexibility index (Phi) is 4.34. The largest absolute Gasteiger partial charge is 0.593 e. The summed E-state index contributed by atoms with van der Waals surface area (Å²) in [5.74, 6) is 0. The van der Waals surface area contributed by atoms with E-state index in [1.807, 2.05) is 6.92 Å². The normalized spacial score (nSPS) is 12.6. The monoisotopic (exact) mass is 231 g/mol. The van der Waals surface area contributed by atoms with Crippen LogP contribution in [0.1, 0.15) is 25.3 Å². The Bertz CT molecular complexity index is 346. The molecule has 1 aromatic rings. The molecule has 0 atom stereocenters. The molecule has 2 nitrogen and oxygen atoms in total. The minimum atomic E-state index is -4.73. The van der Waals surface area contributed by atoms with Crippen molar-refractivity contribution in [2.75, 3.05) is 0 Å². The summed E-state index contributed by atoms with van der Waals surface area (Å²) < 4.78 is 35.5. The van der Waals surface area contributed by atoms with Crippen molar-refractivity contribution in [3.05, 3.63) is 35.9 Å². The molecule has 0 bridgehead atoms. The molecule has 0 fully saturated rings. The lowest BCUT2D eigenvalue weighted by atomic mass is 10.1. The zero-order chi connectivity index (χ0) is 12.0. The minimum absolute atomic E-state index is 0.306. The third-order valence-corrected chi connectivity index (χ3v) is 1.85. The van der Waals surface area contributed by atoms with Crippen LogP contribution in [0.3, 0.4) is 0 Å². The average molecular weight is 231 g/mol. The van der Waals surface area contributed by atoms with Gasteiger partial charge in [-0.15, -0.1) is 13.2 Å². The second-order valence-electron chi connectivity index (χ2n) is 3.19. The summed E-state index contributed by atoms with van der Waals surface area (Å²) in [5.41, 5.74) is 0.953. The lowest BCUT2D eigenvalue weighted by molar-refractivity contribution is -0.325. The molecular weight excluding hydrogens is 219 g/mol.